The standard InChI is InChI=1S/C24H30N2O5/c1-13-14(2)25-12-15(20(13)27)21(28)26-18-11-19(31-22(29)30-9)17(24(6,7)8)10-16(18)23(3,4)5/h10-12,25H,1-2H2,3-9H3,(H,26,28). The van der Waals surface area contributed by atoms with Crippen LogP contribution in [-0.2, 0) is 15.6 Å². The summed E-state index contributed by atoms with van der Waals surface area (Å²) in [5, 5.41) is 3.27. The number of amides is 1. The molecule has 1 aromatic carbocycles. The molecular formula is C24H30N2O5. The first kappa shape index (κ1) is 23.9. The maximum Gasteiger partial charge on any atom is 0.513 e. The van der Waals surface area contributed by atoms with Crippen molar-refractivity contribution < 1.29 is 19.1 Å². The molecule has 0 radical (unpaired) electrons. The van der Waals surface area contributed by atoms with E-state index in [2.05, 4.69) is 28.2 Å². The Balaban J connectivity index is 2.68. The molecule has 1 heterocycles. The Morgan fingerprint density at radius 3 is 2.10 bits per heavy atom. The van der Waals surface area contributed by atoms with Gasteiger partial charge < -0.3 is 19.8 Å². The number of H-pyrrole nitrogens is 1. The largest absolute Gasteiger partial charge is 0.513 e. The number of nitrogens with one attached hydrogen (secondary N) is 2. The molecule has 1 aromatic heterocycles. The molecule has 0 saturated heterocycles. The molecule has 166 valence electrons. The SMILES string of the molecule is C=c1[nH]cc(C(=O)Nc2cc(OC(=O)OC)c(C(C)(C)C)cc2C(C)(C)C)c(=O)c1=C. The van der Waals surface area contributed by atoms with E-state index in [9.17, 15) is 14.4 Å². The summed E-state index contributed by atoms with van der Waals surface area (Å²) < 4.78 is 10.0. The summed E-state index contributed by atoms with van der Waals surface area (Å²) in [7, 11) is 1.22. The third kappa shape index (κ3) is 5.23. The Morgan fingerprint density at radius 2 is 1.58 bits per heavy atom. The van der Waals surface area contributed by atoms with Crippen molar-refractivity contribution in [2.45, 2.75) is 52.4 Å². The first-order valence-corrected chi connectivity index (χ1v) is 9.82. The molecule has 31 heavy (non-hydrogen) atoms. The zero-order chi connectivity index (χ0) is 23.7. The second-order valence-electron chi connectivity index (χ2n) is 9.39. The maximum atomic E-state index is 12.9. The summed E-state index contributed by atoms with van der Waals surface area (Å²) in [6.45, 7) is 19.3. The molecule has 2 N–H and O–H groups in total. The molecule has 7 heteroatoms. The van der Waals surface area contributed by atoms with E-state index in [1.165, 1.54) is 13.3 Å². The lowest BCUT2D eigenvalue weighted by Gasteiger charge is -2.29. The van der Waals surface area contributed by atoms with Gasteiger partial charge in [0.1, 0.15) is 11.3 Å². The molecular weight excluding hydrogens is 396 g/mol. The summed E-state index contributed by atoms with van der Waals surface area (Å²) in [5.74, 6) is -0.341. The number of aromatic amines is 1. The number of ether oxygens (including phenoxy) is 2. The van der Waals surface area contributed by atoms with Gasteiger partial charge in [0.15, 0.2) is 0 Å². The lowest BCUT2D eigenvalue weighted by molar-refractivity contribution is 0.102. The van der Waals surface area contributed by atoms with Crippen LogP contribution in [0.2, 0.25) is 0 Å². The number of pyridine rings is 1. The highest BCUT2D eigenvalue weighted by atomic mass is 16.7. The quantitative estimate of drug-likeness (QED) is 0.580. The number of carbonyl (C=O) groups excluding carboxylic acids is 2. The fraction of sp³-hybridized carbons (Fsp3) is 0.375. The van der Waals surface area contributed by atoms with Gasteiger partial charge in [-0.15, -0.1) is 0 Å². The van der Waals surface area contributed by atoms with Crippen molar-refractivity contribution in [3.8, 4) is 5.75 Å². The van der Waals surface area contributed by atoms with Crippen LogP contribution in [0.3, 0.4) is 0 Å². The number of aromatic nitrogens is 1. The van der Waals surface area contributed by atoms with E-state index in [0.717, 1.165) is 11.1 Å². The average molecular weight is 427 g/mol. The zero-order valence-corrected chi connectivity index (χ0v) is 19.2. The van der Waals surface area contributed by atoms with Gasteiger partial charge in [0.25, 0.3) is 5.91 Å². The van der Waals surface area contributed by atoms with E-state index in [4.69, 9.17) is 4.74 Å². The fourth-order valence-corrected chi connectivity index (χ4v) is 3.08. The molecule has 2 aromatic rings. The van der Waals surface area contributed by atoms with Crippen LogP contribution >= 0.6 is 0 Å². The summed E-state index contributed by atoms with van der Waals surface area (Å²) in [4.78, 5) is 40.0. The number of anilines is 1. The van der Waals surface area contributed by atoms with Crippen molar-refractivity contribution in [1.82, 2.24) is 4.98 Å². The van der Waals surface area contributed by atoms with Gasteiger partial charge in [-0.1, -0.05) is 54.7 Å². The van der Waals surface area contributed by atoms with Crippen molar-refractivity contribution in [2.24, 2.45) is 0 Å². The number of rotatable bonds is 3. The number of hydrogen-bond donors (Lipinski definition) is 2. The lowest BCUT2D eigenvalue weighted by Crippen LogP contribution is -2.42. The van der Waals surface area contributed by atoms with E-state index >= 15 is 0 Å². The minimum atomic E-state index is -0.865. The summed E-state index contributed by atoms with van der Waals surface area (Å²) >= 11 is 0. The van der Waals surface area contributed by atoms with Crippen LogP contribution in [0, 0.1) is 0 Å². The highest BCUT2D eigenvalue weighted by molar-refractivity contribution is 6.04. The topological polar surface area (TPSA) is 97.5 Å². The summed E-state index contributed by atoms with van der Waals surface area (Å²) in [6.07, 6.45) is 0.441. The van der Waals surface area contributed by atoms with Gasteiger partial charge >= 0.3 is 6.16 Å². The molecule has 0 aliphatic rings. The molecule has 0 fully saturated rings. The van der Waals surface area contributed by atoms with E-state index in [-0.39, 0.29) is 27.4 Å². The van der Waals surface area contributed by atoms with Gasteiger partial charge in [-0.25, -0.2) is 4.79 Å². The zero-order valence-electron chi connectivity index (χ0n) is 19.2. The predicted molar refractivity (Wildman–Crippen MR) is 122 cm³/mol. The second kappa shape index (κ2) is 8.41. The van der Waals surface area contributed by atoms with E-state index in [1.54, 1.807) is 6.07 Å². The third-order valence-electron chi connectivity index (χ3n) is 4.86. The minimum absolute atomic E-state index is 0.0902. The van der Waals surface area contributed by atoms with Gasteiger partial charge in [-0.05, 0) is 22.5 Å². The first-order valence-electron chi connectivity index (χ1n) is 9.82. The highest BCUT2D eigenvalue weighted by Crippen LogP contribution is 2.40. The summed E-state index contributed by atoms with van der Waals surface area (Å²) in [5.41, 5.74) is 0.725. The summed E-state index contributed by atoms with van der Waals surface area (Å²) in [6, 6.07) is 3.50. The molecule has 0 spiro atoms. The Labute approximate surface area is 181 Å². The molecule has 0 aliphatic carbocycles. The maximum absolute atomic E-state index is 12.9. The Bertz CT molecular complexity index is 1180. The predicted octanol–water partition coefficient (Wildman–Crippen LogP) is 3.19. The van der Waals surface area contributed by atoms with E-state index < -0.39 is 17.5 Å². The molecule has 7 nitrogen and oxygen atoms in total. The molecule has 0 bridgehead atoms. The average Bonchev–Trinajstić information content (AvgIpc) is 2.64. The Hall–Kier alpha value is -3.35. The van der Waals surface area contributed by atoms with Gasteiger partial charge in [0.05, 0.1) is 7.11 Å². The lowest BCUT2D eigenvalue weighted by atomic mass is 9.79. The molecule has 0 atom stereocenters. The number of hydrogen-bond acceptors (Lipinski definition) is 5. The monoisotopic (exact) mass is 426 g/mol. The van der Waals surface area contributed by atoms with Crippen LogP contribution in [0.4, 0.5) is 10.5 Å². The van der Waals surface area contributed by atoms with Crippen LogP contribution < -0.4 is 26.1 Å². The van der Waals surface area contributed by atoms with Gasteiger partial charge in [0.2, 0.25) is 5.43 Å². The third-order valence-corrected chi connectivity index (χ3v) is 4.86. The molecule has 0 aliphatic heterocycles. The fourth-order valence-electron chi connectivity index (χ4n) is 3.08. The van der Waals surface area contributed by atoms with Crippen LogP contribution in [0.1, 0.15) is 63.0 Å². The number of methoxy groups -OCH3 is 1. The van der Waals surface area contributed by atoms with Crippen molar-refractivity contribution in [1.29, 1.82) is 0 Å². The van der Waals surface area contributed by atoms with E-state index in [1.807, 2.05) is 47.6 Å². The van der Waals surface area contributed by atoms with Crippen LogP contribution in [0.5, 0.6) is 5.75 Å². The molecule has 1 amide bonds. The van der Waals surface area contributed by atoms with Crippen LogP contribution in [0.25, 0.3) is 13.2 Å². The second-order valence-corrected chi connectivity index (χ2v) is 9.39. The van der Waals surface area contributed by atoms with Crippen molar-refractivity contribution in [3.63, 3.8) is 0 Å². The minimum Gasteiger partial charge on any atom is -0.437 e. The number of carbonyl (C=O) groups is 2. The Morgan fingerprint density at radius 1 is 1.00 bits per heavy atom. The van der Waals surface area contributed by atoms with E-state index in [0.29, 0.717) is 11.0 Å². The first-order chi connectivity index (χ1) is 14.2. The van der Waals surface area contributed by atoms with Crippen LogP contribution in [-0.4, -0.2) is 24.2 Å². The molecule has 0 saturated carbocycles. The van der Waals surface area contributed by atoms with Crippen molar-refractivity contribution in [2.75, 3.05) is 12.4 Å². The van der Waals surface area contributed by atoms with Gasteiger partial charge in [0, 0.05) is 34.1 Å². The van der Waals surface area contributed by atoms with Gasteiger partial charge in [-0.2, -0.15) is 0 Å². The molecule has 2 rings (SSSR count). The van der Waals surface area contributed by atoms with Gasteiger partial charge in [-0.3, -0.25) is 9.59 Å². The number of benzene rings is 1. The normalized spacial score (nSPS) is 11.7. The van der Waals surface area contributed by atoms with Crippen LogP contribution in [0.15, 0.2) is 23.1 Å². The Kier molecular flexibility index (Phi) is 6.49. The van der Waals surface area contributed by atoms with Crippen molar-refractivity contribution in [3.05, 3.63) is 55.8 Å². The highest BCUT2D eigenvalue weighted by Gasteiger charge is 2.28. The molecule has 0 unspecified atom stereocenters. The van der Waals surface area contributed by atoms with Crippen molar-refractivity contribution >= 4 is 30.9 Å². The smallest absolute Gasteiger partial charge is 0.437 e.